The van der Waals surface area contributed by atoms with Crippen molar-refractivity contribution in [3.05, 3.63) is 35.4 Å². The lowest BCUT2D eigenvalue weighted by atomic mass is 10.1. The summed E-state index contributed by atoms with van der Waals surface area (Å²) in [4.78, 5) is 29.1. The number of rotatable bonds is 6. The van der Waals surface area contributed by atoms with Gasteiger partial charge in [-0.25, -0.2) is 0 Å². The highest BCUT2D eigenvalue weighted by atomic mass is 16.4. The summed E-state index contributed by atoms with van der Waals surface area (Å²) >= 11 is 0. The Morgan fingerprint density at radius 2 is 1.83 bits per heavy atom. The van der Waals surface area contributed by atoms with E-state index in [2.05, 4.69) is 30.0 Å². The predicted molar refractivity (Wildman–Crippen MR) is 92.8 cm³/mol. The minimum absolute atomic E-state index is 0.00106. The standard InChI is InChI=1S/C18H27N3O3/c1-14-6-4-5-7-16(14)12-20-8-10-21(11-9-20)17(22)13-19(3)15(2)18(23)24/h4-7,15H,8-13H2,1-3H3,(H,23,24). The van der Waals surface area contributed by atoms with Crippen LogP contribution in [-0.4, -0.2) is 77.5 Å². The lowest BCUT2D eigenvalue weighted by Gasteiger charge is -2.36. The Kier molecular flexibility index (Phi) is 6.34. The van der Waals surface area contributed by atoms with E-state index in [9.17, 15) is 9.59 Å². The maximum Gasteiger partial charge on any atom is 0.320 e. The molecule has 0 saturated carbocycles. The molecule has 0 spiro atoms. The molecule has 0 aliphatic carbocycles. The van der Waals surface area contributed by atoms with Gasteiger partial charge in [0.15, 0.2) is 0 Å². The number of likely N-dealkylation sites (N-methyl/N-ethyl adjacent to an activating group) is 1. The number of aliphatic carboxylic acids is 1. The molecule has 6 nitrogen and oxygen atoms in total. The normalized spacial score (nSPS) is 17.1. The molecule has 1 aliphatic heterocycles. The highest BCUT2D eigenvalue weighted by Crippen LogP contribution is 2.12. The number of hydrogen-bond donors (Lipinski definition) is 1. The van der Waals surface area contributed by atoms with Crippen molar-refractivity contribution in [3.63, 3.8) is 0 Å². The number of carboxylic acid groups (broad SMARTS) is 1. The Morgan fingerprint density at radius 1 is 1.21 bits per heavy atom. The van der Waals surface area contributed by atoms with Crippen molar-refractivity contribution in [3.8, 4) is 0 Å². The molecule has 1 fully saturated rings. The minimum atomic E-state index is -0.909. The SMILES string of the molecule is Cc1ccccc1CN1CCN(C(=O)CN(C)C(C)C(=O)O)CC1. The van der Waals surface area contributed by atoms with E-state index in [0.29, 0.717) is 13.1 Å². The summed E-state index contributed by atoms with van der Waals surface area (Å²) < 4.78 is 0. The largest absolute Gasteiger partial charge is 0.480 e. The van der Waals surface area contributed by atoms with Crippen LogP contribution in [0.3, 0.4) is 0 Å². The number of benzene rings is 1. The Hall–Kier alpha value is -1.92. The maximum atomic E-state index is 12.3. The second-order valence-corrected chi connectivity index (χ2v) is 6.51. The van der Waals surface area contributed by atoms with Crippen LogP contribution in [0.5, 0.6) is 0 Å². The molecular formula is C18H27N3O3. The summed E-state index contributed by atoms with van der Waals surface area (Å²) in [7, 11) is 1.67. The quantitative estimate of drug-likeness (QED) is 0.843. The zero-order chi connectivity index (χ0) is 17.7. The molecule has 1 aliphatic rings. The number of piperazine rings is 1. The fourth-order valence-corrected chi connectivity index (χ4v) is 2.82. The molecule has 2 rings (SSSR count). The van der Waals surface area contributed by atoms with Gasteiger partial charge in [0.1, 0.15) is 6.04 Å². The second-order valence-electron chi connectivity index (χ2n) is 6.51. The van der Waals surface area contributed by atoms with Gasteiger partial charge in [-0.1, -0.05) is 24.3 Å². The van der Waals surface area contributed by atoms with E-state index in [0.717, 1.165) is 19.6 Å². The molecule has 0 aromatic heterocycles. The first kappa shape index (κ1) is 18.4. The number of carboxylic acids is 1. The lowest BCUT2D eigenvalue weighted by Crippen LogP contribution is -2.51. The zero-order valence-electron chi connectivity index (χ0n) is 14.7. The molecule has 1 aromatic carbocycles. The third-order valence-electron chi connectivity index (χ3n) is 4.78. The molecule has 6 heteroatoms. The second kappa shape index (κ2) is 8.26. The summed E-state index contributed by atoms with van der Waals surface area (Å²) in [5.74, 6) is -0.908. The van der Waals surface area contributed by atoms with Gasteiger partial charge in [0.05, 0.1) is 6.54 Å². The van der Waals surface area contributed by atoms with Crippen LogP contribution in [0.1, 0.15) is 18.1 Å². The first-order valence-electron chi connectivity index (χ1n) is 8.36. The highest BCUT2D eigenvalue weighted by Gasteiger charge is 2.25. The van der Waals surface area contributed by atoms with Crippen molar-refractivity contribution in [1.82, 2.24) is 14.7 Å². The molecule has 1 saturated heterocycles. The summed E-state index contributed by atoms with van der Waals surface area (Å²) in [6, 6.07) is 7.71. The van der Waals surface area contributed by atoms with Crippen molar-refractivity contribution in [2.24, 2.45) is 0 Å². The fraction of sp³-hybridized carbons (Fsp3) is 0.556. The molecule has 1 N–H and O–H groups in total. The average Bonchev–Trinajstić information content (AvgIpc) is 2.56. The number of nitrogens with zero attached hydrogens (tertiary/aromatic N) is 3. The van der Waals surface area contributed by atoms with Crippen LogP contribution in [0.2, 0.25) is 0 Å². The van der Waals surface area contributed by atoms with Crippen LogP contribution in [-0.2, 0) is 16.1 Å². The molecule has 24 heavy (non-hydrogen) atoms. The summed E-state index contributed by atoms with van der Waals surface area (Å²) in [5, 5.41) is 9.00. The van der Waals surface area contributed by atoms with E-state index < -0.39 is 12.0 Å². The molecule has 1 aromatic rings. The molecule has 0 radical (unpaired) electrons. The van der Waals surface area contributed by atoms with Crippen LogP contribution in [0.4, 0.5) is 0 Å². The Morgan fingerprint density at radius 3 is 2.42 bits per heavy atom. The molecule has 1 amide bonds. The van der Waals surface area contributed by atoms with Crippen molar-refractivity contribution >= 4 is 11.9 Å². The minimum Gasteiger partial charge on any atom is -0.480 e. The van der Waals surface area contributed by atoms with E-state index in [1.807, 2.05) is 11.0 Å². The van der Waals surface area contributed by atoms with E-state index in [1.54, 1.807) is 18.9 Å². The van der Waals surface area contributed by atoms with Crippen LogP contribution < -0.4 is 0 Å². The summed E-state index contributed by atoms with van der Waals surface area (Å²) in [6.07, 6.45) is 0. The van der Waals surface area contributed by atoms with Gasteiger partial charge in [0, 0.05) is 32.7 Å². The molecule has 1 unspecified atom stereocenters. The summed E-state index contributed by atoms with van der Waals surface area (Å²) in [6.45, 7) is 7.84. The van der Waals surface area contributed by atoms with Gasteiger partial charge in [-0.2, -0.15) is 0 Å². The number of carbonyl (C=O) groups is 2. The van der Waals surface area contributed by atoms with Crippen molar-refractivity contribution in [1.29, 1.82) is 0 Å². The van der Waals surface area contributed by atoms with Crippen LogP contribution >= 0.6 is 0 Å². The topological polar surface area (TPSA) is 64.1 Å². The van der Waals surface area contributed by atoms with Crippen LogP contribution in [0.25, 0.3) is 0 Å². The first-order valence-corrected chi connectivity index (χ1v) is 8.36. The first-order chi connectivity index (χ1) is 11.4. The van der Waals surface area contributed by atoms with E-state index in [4.69, 9.17) is 5.11 Å². The Labute approximate surface area is 143 Å². The molecule has 0 bridgehead atoms. The number of carbonyl (C=O) groups excluding carboxylic acids is 1. The summed E-state index contributed by atoms with van der Waals surface area (Å²) in [5.41, 5.74) is 2.62. The molecule has 1 heterocycles. The van der Waals surface area contributed by atoms with Crippen LogP contribution in [0.15, 0.2) is 24.3 Å². The highest BCUT2D eigenvalue weighted by molar-refractivity contribution is 5.80. The monoisotopic (exact) mass is 333 g/mol. The van der Waals surface area contributed by atoms with E-state index in [1.165, 1.54) is 11.1 Å². The fourth-order valence-electron chi connectivity index (χ4n) is 2.82. The van der Waals surface area contributed by atoms with Gasteiger partial charge in [0.2, 0.25) is 5.91 Å². The Bertz CT molecular complexity index is 583. The molecule has 132 valence electrons. The maximum absolute atomic E-state index is 12.3. The van der Waals surface area contributed by atoms with Crippen molar-refractivity contribution < 1.29 is 14.7 Å². The number of hydrogen-bond acceptors (Lipinski definition) is 4. The van der Waals surface area contributed by atoms with Gasteiger partial charge < -0.3 is 10.0 Å². The van der Waals surface area contributed by atoms with Gasteiger partial charge in [-0.15, -0.1) is 0 Å². The zero-order valence-corrected chi connectivity index (χ0v) is 14.7. The van der Waals surface area contributed by atoms with E-state index >= 15 is 0 Å². The molecular weight excluding hydrogens is 306 g/mol. The number of aryl methyl sites for hydroxylation is 1. The predicted octanol–water partition coefficient (Wildman–Crippen LogP) is 1.04. The van der Waals surface area contributed by atoms with Gasteiger partial charge in [-0.05, 0) is 32.0 Å². The Balaban J connectivity index is 1.81. The third-order valence-corrected chi connectivity index (χ3v) is 4.78. The van der Waals surface area contributed by atoms with Crippen LogP contribution in [0, 0.1) is 6.92 Å². The van der Waals surface area contributed by atoms with Crippen molar-refractivity contribution in [2.75, 3.05) is 39.8 Å². The number of amides is 1. The van der Waals surface area contributed by atoms with E-state index in [-0.39, 0.29) is 12.5 Å². The molecule has 1 atom stereocenters. The lowest BCUT2D eigenvalue weighted by molar-refractivity contribution is -0.143. The van der Waals surface area contributed by atoms with Gasteiger partial charge >= 0.3 is 5.97 Å². The van der Waals surface area contributed by atoms with Crippen molar-refractivity contribution in [2.45, 2.75) is 26.4 Å². The van der Waals surface area contributed by atoms with Gasteiger partial charge in [0.25, 0.3) is 0 Å². The van der Waals surface area contributed by atoms with Gasteiger partial charge in [-0.3, -0.25) is 19.4 Å². The third kappa shape index (κ3) is 4.79. The average molecular weight is 333 g/mol. The smallest absolute Gasteiger partial charge is 0.320 e.